The molecule has 0 aromatic heterocycles. The van der Waals surface area contributed by atoms with Gasteiger partial charge in [-0.3, -0.25) is 10.1 Å². The van der Waals surface area contributed by atoms with Gasteiger partial charge < -0.3 is 10.2 Å². The molecule has 0 spiro atoms. The Bertz CT molecular complexity index is 125. The summed E-state index contributed by atoms with van der Waals surface area (Å²) in [6.45, 7) is 0. The standard InChI is InChI=1S/C5H9NO3/c7-4-2-1-3(6-4)5(8)9/h3-4,6-7H,1-2H2,(H,8,9)/t3-,4-/m1/s1. The highest BCUT2D eigenvalue weighted by Crippen LogP contribution is 2.09. The van der Waals surface area contributed by atoms with Gasteiger partial charge in [-0.1, -0.05) is 0 Å². The van der Waals surface area contributed by atoms with E-state index in [9.17, 15) is 4.79 Å². The third kappa shape index (κ3) is 1.40. The molecule has 0 aromatic carbocycles. The molecule has 0 saturated carbocycles. The van der Waals surface area contributed by atoms with E-state index in [2.05, 4.69) is 5.32 Å². The molecule has 0 aliphatic carbocycles. The van der Waals surface area contributed by atoms with Crippen molar-refractivity contribution in [1.29, 1.82) is 0 Å². The van der Waals surface area contributed by atoms with Gasteiger partial charge in [0.25, 0.3) is 0 Å². The third-order valence-corrected chi connectivity index (χ3v) is 1.42. The van der Waals surface area contributed by atoms with Gasteiger partial charge in [0.15, 0.2) is 0 Å². The van der Waals surface area contributed by atoms with Crippen LogP contribution in [0.5, 0.6) is 0 Å². The quantitative estimate of drug-likeness (QED) is 0.433. The zero-order chi connectivity index (χ0) is 6.85. The van der Waals surface area contributed by atoms with E-state index in [1.165, 1.54) is 0 Å². The molecular weight excluding hydrogens is 122 g/mol. The number of carboxylic acid groups (broad SMARTS) is 1. The second kappa shape index (κ2) is 2.33. The van der Waals surface area contributed by atoms with Crippen LogP contribution in [0, 0.1) is 0 Å². The molecule has 0 radical (unpaired) electrons. The first-order chi connectivity index (χ1) is 4.20. The maximum absolute atomic E-state index is 10.2. The second-order valence-electron chi connectivity index (χ2n) is 2.15. The Morgan fingerprint density at radius 2 is 2.22 bits per heavy atom. The highest BCUT2D eigenvalue weighted by atomic mass is 16.4. The van der Waals surface area contributed by atoms with Crippen molar-refractivity contribution in [2.45, 2.75) is 25.1 Å². The van der Waals surface area contributed by atoms with Crippen LogP contribution in [-0.4, -0.2) is 28.5 Å². The molecule has 1 aliphatic heterocycles. The fraction of sp³-hybridized carbons (Fsp3) is 0.800. The van der Waals surface area contributed by atoms with Crippen molar-refractivity contribution in [2.75, 3.05) is 0 Å². The van der Waals surface area contributed by atoms with Crippen LogP contribution >= 0.6 is 0 Å². The summed E-state index contributed by atoms with van der Waals surface area (Å²) in [7, 11) is 0. The first kappa shape index (κ1) is 6.51. The molecule has 0 amide bonds. The lowest BCUT2D eigenvalue weighted by Gasteiger charge is -2.03. The van der Waals surface area contributed by atoms with Crippen molar-refractivity contribution >= 4 is 5.97 Å². The molecule has 9 heavy (non-hydrogen) atoms. The molecule has 3 N–H and O–H groups in total. The van der Waals surface area contributed by atoms with E-state index in [-0.39, 0.29) is 0 Å². The van der Waals surface area contributed by atoms with Crippen molar-refractivity contribution in [3.05, 3.63) is 0 Å². The Balaban J connectivity index is 2.39. The van der Waals surface area contributed by atoms with E-state index in [0.29, 0.717) is 12.8 Å². The molecule has 0 unspecified atom stereocenters. The predicted molar refractivity (Wildman–Crippen MR) is 29.8 cm³/mol. The molecule has 1 fully saturated rings. The minimum Gasteiger partial charge on any atom is -0.480 e. The van der Waals surface area contributed by atoms with E-state index in [0.717, 1.165) is 0 Å². The summed E-state index contributed by atoms with van der Waals surface area (Å²) in [5.41, 5.74) is 0. The van der Waals surface area contributed by atoms with Gasteiger partial charge in [0.05, 0.1) is 0 Å². The molecule has 2 atom stereocenters. The summed E-state index contributed by atoms with van der Waals surface area (Å²) in [6, 6.07) is -0.542. The topological polar surface area (TPSA) is 69.6 Å². The average molecular weight is 131 g/mol. The van der Waals surface area contributed by atoms with Gasteiger partial charge in [-0.15, -0.1) is 0 Å². The Kier molecular flexibility index (Phi) is 1.68. The van der Waals surface area contributed by atoms with E-state index < -0.39 is 18.2 Å². The Morgan fingerprint density at radius 3 is 2.44 bits per heavy atom. The minimum absolute atomic E-state index is 0.524. The van der Waals surface area contributed by atoms with Crippen LogP contribution in [0.15, 0.2) is 0 Å². The van der Waals surface area contributed by atoms with Crippen molar-refractivity contribution < 1.29 is 15.0 Å². The smallest absolute Gasteiger partial charge is 0.320 e. The summed E-state index contributed by atoms with van der Waals surface area (Å²) in [5, 5.41) is 19.6. The summed E-state index contributed by atoms with van der Waals surface area (Å²) >= 11 is 0. The zero-order valence-corrected chi connectivity index (χ0v) is 4.87. The number of nitrogens with one attached hydrogen (secondary N) is 1. The number of aliphatic hydroxyl groups is 1. The SMILES string of the molecule is O=C(O)[C@H]1CC[C@@H](O)N1. The third-order valence-electron chi connectivity index (χ3n) is 1.42. The lowest BCUT2D eigenvalue weighted by atomic mass is 10.2. The number of hydrogen-bond acceptors (Lipinski definition) is 3. The van der Waals surface area contributed by atoms with Crippen LogP contribution in [0.3, 0.4) is 0 Å². The first-order valence-electron chi connectivity index (χ1n) is 2.87. The number of aliphatic carboxylic acids is 1. The van der Waals surface area contributed by atoms with E-state index in [1.54, 1.807) is 0 Å². The number of carboxylic acids is 1. The summed E-state index contributed by atoms with van der Waals surface area (Å²) in [5.74, 6) is -0.883. The molecule has 4 heteroatoms. The molecule has 4 nitrogen and oxygen atoms in total. The van der Waals surface area contributed by atoms with Crippen molar-refractivity contribution in [3.8, 4) is 0 Å². The largest absolute Gasteiger partial charge is 0.480 e. The Morgan fingerprint density at radius 1 is 1.56 bits per heavy atom. The fourth-order valence-electron chi connectivity index (χ4n) is 0.918. The first-order valence-corrected chi connectivity index (χ1v) is 2.87. The van der Waals surface area contributed by atoms with Crippen LogP contribution in [-0.2, 0) is 4.79 Å². The summed E-state index contributed by atoms with van der Waals surface area (Å²) in [6.07, 6.45) is 0.444. The number of hydrogen-bond donors (Lipinski definition) is 3. The van der Waals surface area contributed by atoms with Gasteiger partial charge in [0.1, 0.15) is 12.3 Å². The van der Waals surface area contributed by atoms with Crippen LogP contribution in [0.2, 0.25) is 0 Å². The highest BCUT2D eigenvalue weighted by molar-refractivity contribution is 5.73. The molecular formula is C5H9NO3. The predicted octanol–water partition coefficient (Wildman–Crippen LogP) is -0.859. The molecule has 1 aliphatic rings. The Labute approximate surface area is 52.5 Å². The summed E-state index contributed by atoms with van der Waals surface area (Å²) in [4.78, 5) is 10.2. The number of aliphatic hydroxyl groups excluding tert-OH is 1. The molecule has 1 heterocycles. The van der Waals surface area contributed by atoms with Crippen LogP contribution < -0.4 is 5.32 Å². The molecule has 1 saturated heterocycles. The lowest BCUT2D eigenvalue weighted by molar-refractivity contribution is -0.139. The molecule has 0 aromatic rings. The average Bonchev–Trinajstić information content (AvgIpc) is 2.14. The van der Waals surface area contributed by atoms with Gasteiger partial charge in [-0.25, -0.2) is 0 Å². The molecule has 1 rings (SSSR count). The van der Waals surface area contributed by atoms with Crippen LogP contribution in [0.4, 0.5) is 0 Å². The van der Waals surface area contributed by atoms with E-state index >= 15 is 0 Å². The molecule has 0 bridgehead atoms. The van der Waals surface area contributed by atoms with Gasteiger partial charge in [-0.05, 0) is 12.8 Å². The van der Waals surface area contributed by atoms with Gasteiger partial charge in [-0.2, -0.15) is 0 Å². The van der Waals surface area contributed by atoms with Crippen LogP contribution in [0.1, 0.15) is 12.8 Å². The van der Waals surface area contributed by atoms with Gasteiger partial charge >= 0.3 is 5.97 Å². The monoisotopic (exact) mass is 131 g/mol. The van der Waals surface area contributed by atoms with Crippen molar-refractivity contribution in [3.63, 3.8) is 0 Å². The fourth-order valence-corrected chi connectivity index (χ4v) is 0.918. The highest BCUT2D eigenvalue weighted by Gasteiger charge is 2.26. The van der Waals surface area contributed by atoms with E-state index in [4.69, 9.17) is 10.2 Å². The zero-order valence-electron chi connectivity index (χ0n) is 4.87. The summed E-state index contributed by atoms with van der Waals surface area (Å²) < 4.78 is 0. The second-order valence-corrected chi connectivity index (χ2v) is 2.15. The van der Waals surface area contributed by atoms with Crippen molar-refractivity contribution in [2.24, 2.45) is 0 Å². The minimum atomic E-state index is -0.883. The van der Waals surface area contributed by atoms with E-state index in [1.807, 2.05) is 0 Å². The normalized spacial score (nSPS) is 34.8. The lowest BCUT2D eigenvalue weighted by Crippen LogP contribution is -2.34. The number of carbonyl (C=O) groups is 1. The Hall–Kier alpha value is -0.610. The van der Waals surface area contributed by atoms with Crippen molar-refractivity contribution in [1.82, 2.24) is 5.32 Å². The maximum atomic E-state index is 10.2. The maximum Gasteiger partial charge on any atom is 0.320 e. The van der Waals surface area contributed by atoms with Gasteiger partial charge in [0, 0.05) is 0 Å². The number of rotatable bonds is 1. The molecule has 52 valence electrons. The van der Waals surface area contributed by atoms with Crippen LogP contribution in [0.25, 0.3) is 0 Å². The van der Waals surface area contributed by atoms with Gasteiger partial charge in [0.2, 0.25) is 0 Å².